The molecule has 1 saturated heterocycles. The Bertz CT molecular complexity index is 426. The van der Waals surface area contributed by atoms with E-state index in [1.54, 1.807) is 6.92 Å². The average molecular weight is 393 g/mol. The summed E-state index contributed by atoms with van der Waals surface area (Å²) in [4.78, 5) is 11.1. The molecular formula is C13H24IN5O. The van der Waals surface area contributed by atoms with Gasteiger partial charge in [-0.05, 0) is 25.7 Å². The molecule has 2 rings (SSSR count). The van der Waals surface area contributed by atoms with Crippen molar-refractivity contribution in [3.05, 3.63) is 11.7 Å². The molecule has 1 aliphatic rings. The van der Waals surface area contributed by atoms with Crippen molar-refractivity contribution in [3.8, 4) is 0 Å². The van der Waals surface area contributed by atoms with E-state index < -0.39 is 0 Å². The molecule has 1 N–H and O–H groups in total. The van der Waals surface area contributed by atoms with Crippen LogP contribution in [-0.2, 0) is 6.54 Å². The SMILES string of the molecule is CCNC(=NCc1noc(C)n1)N1CCC(C)CC1.I. The summed E-state index contributed by atoms with van der Waals surface area (Å²) in [6, 6.07) is 0. The fraction of sp³-hybridized carbons (Fsp3) is 0.769. The van der Waals surface area contributed by atoms with E-state index in [2.05, 4.69) is 39.2 Å². The lowest BCUT2D eigenvalue weighted by molar-refractivity contribution is 0.273. The zero-order valence-electron chi connectivity index (χ0n) is 12.4. The van der Waals surface area contributed by atoms with Crippen LogP contribution in [0.5, 0.6) is 0 Å². The van der Waals surface area contributed by atoms with Gasteiger partial charge in [-0.25, -0.2) is 4.99 Å². The summed E-state index contributed by atoms with van der Waals surface area (Å²) in [7, 11) is 0. The number of aromatic nitrogens is 2. The summed E-state index contributed by atoms with van der Waals surface area (Å²) in [5.74, 6) is 3.00. The summed E-state index contributed by atoms with van der Waals surface area (Å²) in [5, 5.41) is 7.20. The maximum Gasteiger partial charge on any atom is 0.223 e. The van der Waals surface area contributed by atoms with Crippen LogP contribution in [0.25, 0.3) is 0 Å². The first-order chi connectivity index (χ1) is 9.19. The Hall–Kier alpha value is -0.860. The Labute approximate surface area is 137 Å². The highest BCUT2D eigenvalue weighted by Crippen LogP contribution is 2.16. The topological polar surface area (TPSA) is 66.5 Å². The molecule has 0 aliphatic carbocycles. The van der Waals surface area contributed by atoms with Crippen molar-refractivity contribution in [2.45, 2.75) is 40.2 Å². The normalized spacial score (nSPS) is 16.9. The average Bonchev–Trinajstić information content (AvgIpc) is 2.81. The van der Waals surface area contributed by atoms with E-state index in [1.807, 2.05) is 0 Å². The number of aliphatic imine (C=N–C) groups is 1. The quantitative estimate of drug-likeness (QED) is 0.485. The second-order valence-electron chi connectivity index (χ2n) is 5.07. The van der Waals surface area contributed by atoms with Gasteiger partial charge in [-0.1, -0.05) is 12.1 Å². The first-order valence-corrected chi connectivity index (χ1v) is 7.01. The maximum atomic E-state index is 4.95. The van der Waals surface area contributed by atoms with Crippen molar-refractivity contribution >= 4 is 29.9 Å². The fourth-order valence-corrected chi connectivity index (χ4v) is 2.20. The first-order valence-electron chi connectivity index (χ1n) is 7.01. The third-order valence-electron chi connectivity index (χ3n) is 3.36. The molecular weight excluding hydrogens is 369 g/mol. The number of hydrogen-bond donors (Lipinski definition) is 1. The van der Waals surface area contributed by atoms with E-state index in [0.717, 1.165) is 31.5 Å². The van der Waals surface area contributed by atoms with Crippen LogP contribution in [-0.4, -0.2) is 40.6 Å². The van der Waals surface area contributed by atoms with E-state index >= 15 is 0 Å². The van der Waals surface area contributed by atoms with Crippen molar-refractivity contribution in [1.82, 2.24) is 20.4 Å². The standard InChI is InChI=1S/C13H23N5O.HI/c1-4-14-13(18-7-5-10(2)6-8-18)15-9-12-16-11(3)19-17-12;/h10H,4-9H2,1-3H3,(H,14,15);1H. The van der Waals surface area contributed by atoms with Gasteiger partial charge in [0.05, 0.1) is 0 Å². The number of nitrogens with one attached hydrogen (secondary N) is 1. The highest BCUT2D eigenvalue weighted by molar-refractivity contribution is 14.0. The van der Waals surface area contributed by atoms with Crippen molar-refractivity contribution in [3.63, 3.8) is 0 Å². The van der Waals surface area contributed by atoms with Crippen LogP contribution in [0, 0.1) is 12.8 Å². The van der Waals surface area contributed by atoms with Gasteiger partial charge in [0.25, 0.3) is 0 Å². The van der Waals surface area contributed by atoms with Gasteiger partial charge < -0.3 is 14.7 Å². The van der Waals surface area contributed by atoms with Crippen LogP contribution in [0.1, 0.15) is 38.4 Å². The Kier molecular flexibility index (Phi) is 7.25. The number of halogens is 1. The van der Waals surface area contributed by atoms with Crippen LogP contribution in [0.3, 0.4) is 0 Å². The number of guanidine groups is 1. The van der Waals surface area contributed by atoms with Crippen LogP contribution in [0.4, 0.5) is 0 Å². The van der Waals surface area contributed by atoms with Crippen LogP contribution < -0.4 is 5.32 Å². The molecule has 20 heavy (non-hydrogen) atoms. The van der Waals surface area contributed by atoms with Gasteiger partial charge in [0.2, 0.25) is 5.89 Å². The monoisotopic (exact) mass is 393 g/mol. The summed E-state index contributed by atoms with van der Waals surface area (Å²) < 4.78 is 4.95. The molecule has 0 amide bonds. The third kappa shape index (κ3) is 4.92. The molecule has 0 bridgehead atoms. The molecule has 1 aromatic rings. The highest BCUT2D eigenvalue weighted by atomic mass is 127. The van der Waals surface area contributed by atoms with Gasteiger partial charge in [-0.3, -0.25) is 0 Å². The summed E-state index contributed by atoms with van der Waals surface area (Å²) in [5.41, 5.74) is 0. The van der Waals surface area contributed by atoms with Gasteiger partial charge in [-0.2, -0.15) is 4.98 Å². The lowest BCUT2D eigenvalue weighted by Crippen LogP contribution is -2.45. The Balaban J connectivity index is 0.00000200. The van der Waals surface area contributed by atoms with Crippen LogP contribution in [0.15, 0.2) is 9.52 Å². The number of nitrogens with zero attached hydrogens (tertiary/aromatic N) is 4. The molecule has 7 heteroatoms. The number of aryl methyl sites for hydroxylation is 1. The number of hydrogen-bond acceptors (Lipinski definition) is 4. The Morgan fingerprint density at radius 2 is 2.15 bits per heavy atom. The zero-order chi connectivity index (χ0) is 13.7. The van der Waals surface area contributed by atoms with Gasteiger partial charge in [0.1, 0.15) is 6.54 Å². The van der Waals surface area contributed by atoms with E-state index in [4.69, 9.17) is 4.52 Å². The van der Waals surface area contributed by atoms with Crippen molar-refractivity contribution < 1.29 is 4.52 Å². The molecule has 1 aliphatic heterocycles. The molecule has 0 saturated carbocycles. The Morgan fingerprint density at radius 1 is 1.45 bits per heavy atom. The van der Waals surface area contributed by atoms with Gasteiger partial charge in [0.15, 0.2) is 11.8 Å². The summed E-state index contributed by atoms with van der Waals surface area (Å²) >= 11 is 0. The number of rotatable bonds is 3. The van der Waals surface area contributed by atoms with E-state index in [1.165, 1.54) is 12.8 Å². The highest BCUT2D eigenvalue weighted by Gasteiger charge is 2.18. The lowest BCUT2D eigenvalue weighted by atomic mass is 10.00. The summed E-state index contributed by atoms with van der Waals surface area (Å²) in [6.45, 7) is 9.65. The molecule has 0 spiro atoms. The molecule has 1 aromatic heterocycles. The second kappa shape index (κ2) is 8.43. The Morgan fingerprint density at radius 3 is 2.70 bits per heavy atom. The smallest absolute Gasteiger partial charge is 0.223 e. The van der Waals surface area contributed by atoms with Crippen LogP contribution >= 0.6 is 24.0 Å². The van der Waals surface area contributed by atoms with Gasteiger partial charge in [0, 0.05) is 26.6 Å². The second-order valence-corrected chi connectivity index (χ2v) is 5.07. The van der Waals surface area contributed by atoms with E-state index in [9.17, 15) is 0 Å². The molecule has 1 fully saturated rings. The van der Waals surface area contributed by atoms with Gasteiger partial charge in [-0.15, -0.1) is 24.0 Å². The molecule has 0 unspecified atom stereocenters. The lowest BCUT2D eigenvalue weighted by Gasteiger charge is -2.32. The minimum atomic E-state index is 0. The molecule has 0 atom stereocenters. The minimum Gasteiger partial charge on any atom is -0.357 e. The van der Waals surface area contributed by atoms with E-state index in [-0.39, 0.29) is 24.0 Å². The fourth-order valence-electron chi connectivity index (χ4n) is 2.20. The van der Waals surface area contributed by atoms with E-state index in [0.29, 0.717) is 18.3 Å². The predicted molar refractivity (Wildman–Crippen MR) is 89.2 cm³/mol. The summed E-state index contributed by atoms with van der Waals surface area (Å²) in [6.07, 6.45) is 2.46. The zero-order valence-corrected chi connectivity index (χ0v) is 14.8. The molecule has 0 aromatic carbocycles. The molecule has 0 radical (unpaired) electrons. The molecule has 2 heterocycles. The maximum absolute atomic E-state index is 4.95. The van der Waals surface area contributed by atoms with Crippen molar-refractivity contribution in [1.29, 1.82) is 0 Å². The van der Waals surface area contributed by atoms with Gasteiger partial charge >= 0.3 is 0 Å². The predicted octanol–water partition coefficient (Wildman–Crippen LogP) is 2.19. The minimum absolute atomic E-state index is 0. The number of piperidine rings is 1. The third-order valence-corrected chi connectivity index (χ3v) is 3.36. The number of likely N-dealkylation sites (tertiary alicyclic amines) is 1. The molecule has 6 nitrogen and oxygen atoms in total. The molecule has 114 valence electrons. The first kappa shape index (κ1) is 17.2. The van der Waals surface area contributed by atoms with Crippen LogP contribution in [0.2, 0.25) is 0 Å². The van der Waals surface area contributed by atoms with Crippen molar-refractivity contribution in [2.75, 3.05) is 19.6 Å². The largest absolute Gasteiger partial charge is 0.357 e. The van der Waals surface area contributed by atoms with Crippen molar-refractivity contribution in [2.24, 2.45) is 10.9 Å².